The molecule has 5 rings (SSSR count). The molecule has 3 fully saturated rings. The fraction of sp³-hybridized carbons (Fsp3) is 0.565. The summed E-state index contributed by atoms with van der Waals surface area (Å²) < 4.78 is 23.0. The minimum atomic E-state index is -1.65. The van der Waals surface area contributed by atoms with Crippen molar-refractivity contribution in [3.63, 3.8) is 0 Å². The molecular weight excluding hydrogens is 419 g/mol. The number of anilines is 1. The van der Waals surface area contributed by atoms with Crippen molar-refractivity contribution in [2.75, 3.05) is 18.6 Å². The maximum Gasteiger partial charge on any atom is 0.341 e. The number of ether oxygens (including phenoxy) is 1. The van der Waals surface area contributed by atoms with Crippen LogP contribution in [0, 0.1) is 17.7 Å². The predicted molar refractivity (Wildman–Crippen MR) is 115 cm³/mol. The number of benzene rings is 1. The number of hydrogen-bond donors (Lipinski definition) is 3. The number of aliphatic hydroxyl groups is 2. The third kappa shape index (κ3) is 3.17. The van der Waals surface area contributed by atoms with Crippen LogP contribution in [0.1, 0.15) is 54.9 Å². The summed E-state index contributed by atoms with van der Waals surface area (Å²) in [6.07, 6.45) is 5.14. The lowest BCUT2D eigenvalue weighted by Gasteiger charge is -2.33. The number of rotatable bonds is 5. The Kier molecular flexibility index (Phi) is 5.13. The first-order valence-electron chi connectivity index (χ1n) is 11.1. The molecule has 1 aromatic carbocycles. The van der Waals surface area contributed by atoms with Crippen LogP contribution in [0.2, 0.25) is 0 Å². The van der Waals surface area contributed by atoms with E-state index in [1.807, 2.05) is 0 Å². The average molecular weight is 446 g/mol. The molecule has 0 amide bonds. The molecule has 2 heterocycles. The van der Waals surface area contributed by atoms with E-state index in [0.717, 1.165) is 44.6 Å². The highest BCUT2D eigenvalue weighted by Crippen LogP contribution is 2.49. The first kappa shape index (κ1) is 21.2. The molecule has 2 aromatic rings. The van der Waals surface area contributed by atoms with Crippen LogP contribution < -0.4 is 15.1 Å². The Morgan fingerprint density at radius 2 is 1.94 bits per heavy atom. The van der Waals surface area contributed by atoms with E-state index < -0.39 is 35.1 Å². The van der Waals surface area contributed by atoms with Gasteiger partial charge in [0.2, 0.25) is 5.43 Å². The van der Waals surface area contributed by atoms with Gasteiger partial charge in [0.05, 0.1) is 24.1 Å². The zero-order valence-electron chi connectivity index (χ0n) is 17.8. The number of fused-ring (bicyclic) bond motifs is 2. The summed E-state index contributed by atoms with van der Waals surface area (Å²) in [5.41, 5.74) is -0.719. The van der Waals surface area contributed by atoms with Crippen LogP contribution in [0.3, 0.4) is 0 Å². The number of methoxy groups -OCH3 is 1. The van der Waals surface area contributed by atoms with Gasteiger partial charge in [-0.1, -0.05) is 12.8 Å². The van der Waals surface area contributed by atoms with Crippen LogP contribution in [-0.2, 0) is 0 Å². The standard InChI is InChI=1S/C23H27FN2O6/c1-32-21-17-14(20(27)15(22(28)29)10-25(17)12-6-7-12)8-16(24)19(21)26-9-11-4-2-3-5-13(11)18(26)23(30)31/h8,10-13,18,23,30-31H,2-7,9H2,1H3,(H,28,29)/t11-,13-,18?/m0/s1. The lowest BCUT2D eigenvalue weighted by molar-refractivity contribution is -0.0710. The second kappa shape index (κ2) is 7.74. The van der Waals surface area contributed by atoms with Crippen LogP contribution in [0.25, 0.3) is 10.9 Å². The normalized spacial score (nSPS) is 25.4. The molecule has 2 aliphatic carbocycles. The van der Waals surface area contributed by atoms with Crippen molar-refractivity contribution >= 4 is 22.6 Å². The average Bonchev–Trinajstić information content (AvgIpc) is 3.52. The molecule has 0 bridgehead atoms. The minimum Gasteiger partial charge on any atom is -0.492 e. The van der Waals surface area contributed by atoms with Crippen molar-refractivity contribution in [3.8, 4) is 5.75 Å². The van der Waals surface area contributed by atoms with E-state index in [4.69, 9.17) is 4.74 Å². The largest absolute Gasteiger partial charge is 0.492 e. The van der Waals surface area contributed by atoms with E-state index in [0.29, 0.717) is 12.1 Å². The van der Waals surface area contributed by atoms with Gasteiger partial charge in [-0.3, -0.25) is 4.79 Å². The Morgan fingerprint density at radius 1 is 1.22 bits per heavy atom. The van der Waals surface area contributed by atoms with Crippen LogP contribution >= 0.6 is 0 Å². The zero-order chi connectivity index (χ0) is 22.7. The molecule has 32 heavy (non-hydrogen) atoms. The fourth-order valence-corrected chi connectivity index (χ4v) is 5.84. The van der Waals surface area contributed by atoms with Crippen molar-refractivity contribution in [2.45, 2.75) is 56.9 Å². The molecule has 1 unspecified atom stereocenters. The number of aromatic carboxylic acids is 1. The van der Waals surface area contributed by atoms with Crippen LogP contribution in [0.15, 0.2) is 17.1 Å². The fourth-order valence-electron chi connectivity index (χ4n) is 5.84. The van der Waals surface area contributed by atoms with Gasteiger partial charge in [-0.25, -0.2) is 9.18 Å². The highest BCUT2D eigenvalue weighted by Gasteiger charge is 2.47. The molecule has 8 nitrogen and oxygen atoms in total. The van der Waals surface area contributed by atoms with Crippen molar-refractivity contribution in [1.82, 2.24) is 4.57 Å². The topological polar surface area (TPSA) is 112 Å². The first-order chi connectivity index (χ1) is 15.3. The summed E-state index contributed by atoms with van der Waals surface area (Å²) in [5.74, 6) is -1.72. The van der Waals surface area contributed by atoms with Crippen LogP contribution in [0.5, 0.6) is 5.75 Å². The summed E-state index contributed by atoms with van der Waals surface area (Å²) in [4.78, 5) is 26.2. The third-order valence-corrected chi connectivity index (χ3v) is 7.36. The van der Waals surface area contributed by atoms with E-state index in [2.05, 4.69) is 0 Å². The van der Waals surface area contributed by atoms with E-state index in [1.165, 1.54) is 13.3 Å². The zero-order valence-corrected chi connectivity index (χ0v) is 17.8. The van der Waals surface area contributed by atoms with Gasteiger partial charge in [-0.15, -0.1) is 0 Å². The van der Waals surface area contributed by atoms with Crippen molar-refractivity contribution in [2.24, 2.45) is 11.8 Å². The summed E-state index contributed by atoms with van der Waals surface area (Å²) in [7, 11) is 1.39. The molecule has 3 atom stereocenters. The molecule has 3 aliphatic rings. The monoisotopic (exact) mass is 446 g/mol. The van der Waals surface area contributed by atoms with Gasteiger partial charge in [0.1, 0.15) is 11.3 Å². The van der Waals surface area contributed by atoms with Gasteiger partial charge in [-0.05, 0) is 43.6 Å². The third-order valence-electron chi connectivity index (χ3n) is 7.36. The molecule has 2 saturated carbocycles. The van der Waals surface area contributed by atoms with Crippen molar-refractivity contribution in [3.05, 3.63) is 33.9 Å². The molecule has 9 heteroatoms. The molecule has 1 saturated heterocycles. The highest BCUT2D eigenvalue weighted by molar-refractivity contribution is 5.97. The molecular formula is C23H27FN2O6. The lowest BCUT2D eigenvalue weighted by atomic mass is 9.78. The number of carbonyl (C=O) groups is 1. The number of aromatic nitrogens is 1. The lowest BCUT2D eigenvalue weighted by Crippen LogP contribution is -2.43. The number of pyridine rings is 1. The molecule has 1 aliphatic heterocycles. The minimum absolute atomic E-state index is 0.00352. The number of aliphatic hydroxyl groups excluding tert-OH is 1. The number of carboxylic acid groups (broad SMARTS) is 1. The van der Waals surface area contributed by atoms with Gasteiger partial charge in [0.15, 0.2) is 17.9 Å². The summed E-state index contributed by atoms with van der Waals surface area (Å²) in [5, 5.41) is 29.9. The van der Waals surface area contributed by atoms with Crippen LogP contribution in [-0.4, -0.2) is 51.8 Å². The Balaban J connectivity index is 1.77. The predicted octanol–water partition coefficient (Wildman–Crippen LogP) is 2.49. The maximum atomic E-state index is 15.6. The highest BCUT2D eigenvalue weighted by atomic mass is 19.1. The molecule has 0 spiro atoms. The van der Waals surface area contributed by atoms with Crippen LogP contribution in [0.4, 0.5) is 10.1 Å². The maximum absolute atomic E-state index is 15.6. The summed E-state index contributed by atoms with van der Waals surface area (Å²) in [6.45, 7) is 0.465. The van der Waals surface area contributed by atoms with E-state index in [-0.39, 0.29) is 34.7 Å². The van der Waals surface area contributed by atoms with E-state index in [9.17, 15) is 24.9 Å². The van der Waals surface area contributed by atoms with Gasteiger partial charge >= 0.3 is 5.97 Å². The van der Waals surface area contributed by atoms with E-state index in [1.54, 1.807) is 9.47 Å². The summed E-state index contributed by atoms with van der Waals surface area (Å²) >= 11 is 0. The van der Waals surface area contributed by atoms with Gasteiger partial charge in [0.25, 0.3) is 0 Å². The number of carboxylic acids is 1. The Morgan fingerprint density at radius 3 is 2.56 bits per heavy atom. The number of halogens is 1. The van der Waals surface area contributed by atoms with Gasteiger partial charge in [0, 0.05) is 18.8 Å². The Bertz CT molecular complexity index is 1140. The first-order valence-corrected chi connectivity index (χ1v) is 11.1. The quantitative estimate of drug-likeness (QED) is 0.605. The molecule has 3 N–H and O–H groups in total. The smallest absolute Gasteiger partial charge is 0.341 e. The molecule has 172 valence electrons. The van der Waals surface area contributed by atoms with Gasteiger partial charge < -0.3 is 29.5 Å². The second-order valence-electron chi connectivity index (χ2n) is 9.22. The molecule has 1 aromatic heterocycles. The number of hydrogen-bond acceptors (Lipinski definition) is 6. The second-order valence-corrected chi connectivity index (χ2v) is 9.22. The Labute approximate surface area is 183 Å². The number of nitrogens with zero attached hydrogens (tertiary/aromatic N) is 2. The molecule has 0 radical (unpaired) electrons. The van der Waals surface area contributed by atoms with Gasteiger partial charge in [-0.2, -0.15) is 0 Å². The Hall–Kier alpha value is -2.65. The van der Waals surface area contributed by atoms with E-state index >= 15 is 4.39 Å². The van der Waals surface area contributed by atoms with Crippen molar-refractivity contribution in [1.29, 1.82) is 0 Å². The van der Waals surface area contributed by atoms with Crippen molar-refractivity contribution < 1.29 is 29.2 Å². The summed E-state index contributed by atoms with van der Waals surface area (Å²) in [6, 6.07) is 0.397. The SMILES string of the molecule is COc1c(N2C[C@@H]3CCCC[C@@H]3C2C(O)O)c(F)cc2c(=O)c(C(=O)O)cn(C3CC3)c12.